The molecule has 0 saturated carbocycles. The Hall–Kier alpha value is -3.48. The molecular formula is C44H49IrN2O2S2-. The molecule has 3 aromatic heterocycles. The van der Waals surface area contributed by atoms with E-state index in [4.69, 9.17) is 9.97 Å². The molecule has 6 aromatic rings. The van der Waals surface area contributed by atoms with Crippen LogP contribution in [0, 0.1) is 24.8 Å². The predicted octanol–water partition coefficient (Wildman–Crippen LogP) is 13.2. The van der Waals surface area contributed by atoms with Crippen LogP contribution in [0.5, 0.6) is 0 Å². The van der Waals surface area contributed by atoms with Crippen LogP contribution in [0.3, 0.4) is 0 Å². The van der Waals surface area contributed by atoms with E-state index in [-0.39, 0.29) is 48.9 Å². The van der Waals surface area contributed by atoms with Gasteiger partial charge in [-0.05, 0) is 61.3 Å². The summed E-state index contributed by atoms with van der Waals surface area (Å²) in [6, 6.07) is 29.5. The monoisotopic (exact) mass is 894 g/mol. The van der Waals surface area contributed by atoms with Crippen molar-refractivity contribution in [3.05, 3.63) is 108 Å². The third-order valence-electron chi connectivity index (χ3n) is 9.51. The van der Waals surface area contributed by atoms with E-state index in [1.807, 2.05) is 39.0 Å². The van der Waals surface area contributed by atoms with Gasteiger partial charge in [0.25, 0.3) is 0 Å². The number of thiophene rings is 2. The number of aromatic nitrogens is 2. The van der Waals surface area contributed by atoms with Crippen LogP contribution >= 0.6 is 22.7 Å². The fourth-order valence-electron chi connectivity index (χ4n) is 6.43. The Labute approximate surface area is 325 Å². The van der Waals surface area contributed by atoms with Gasteiger partial charge in [-0.1, -0.05) is 108 Å². The van der Waals surface area contributed by atoms with Gasteiger partial charge in [-0.15, -0.1) is 51.8 Å². The molecule has 0 atom stereocenters. The number of rotatable bonds is 10. The summed E-state index contributed by atoms with van der Waals surface area (Å²) in [5, 5.41) is 12.1. The number of benzene rings is 3. The zero-order chi connectivity index (χ0) is 36.0. The van der Waals surface area contributed by atoms with Crippen LogP contribution < -0.4 is 0 Å². The average molecular weight is 894 g/mol. The molecule has 0 aliphatic carbocycles. The first-order valence-electron chi connectivity index (χ1n) is 17.8. The maximum Gasteiger partial charge on any atom is 0.162 e. The summed E-state index contributed by atoms with van der Waals surface area (Å²) in [5.74, 6) is 0.547. The van der Waals surface area contributed by atoms with E-state index < -0.39 is 0 Å². The molecule has 1 N–H and O–H groups in total. The van der Waals surface area contributed by atoms with Gasteiger partial charge >= 0.3 is 0 Å². The fraction of sp³-hybridized carbons (Fsp3) is 0.341. The summed E-state index contributed by atoms with van der Waals surface area (Å²) in [7, 11) is 0. The van der Waals surface area contributed by atoms with Gasteiger partial charge in [-0.3, -0.25) is 9.78 Å². The first-order valence-corrected chi connectivity index (χ1v) is 19.4. The number of carbonyl (C=O) groups excluding carboxylic acids is 1. The van der Waals surface area contributed by atoms with E-state index in [0.717, 1.165) is 52.5 Å². The Balaban J connectivity index is 0.000000312. The van der Waals surface area contributed by atoms with Crippen LogP contribution in [0.15, 0.2) is 91.0 Å². The molecule has 51 heavy (non-hydrogen) atoms. The van der Waals surface area contributed by atoms with Gasteiger partial charge in [0.2, 0.25) is 0 Å². The topological polar surface area (TPSA) is 63.1 Å². The Bertz CT molecular complexity index is 2100. The number of aryl methyl sites for hydroxylation is 1. The van der Waals surface area contributed by atoms with E-state index in [9.17, 15) is 9.90 Å². The maximum absolute atomic E-state index is 11.7. The Morgan fingerprint density at radius 1 is 0.843 bits per heavy atom. The number of allylic oxidation sites excluding steroid dienone is 2. The van der Waals surface area contributed by atoms with Crippen LogP contribution in [0.4, 0.5) is 0 Å². The van der Waals surface area contributed by atoms with Crippen molar-refractivity contribution < 1.29 is 30.0 Å². The number of carbonyl (C=O) groups is 1. The quantitative estimate of drug-likeness (QED) is 0.0845. The van der Waals surface area contributed by atoms with Gasteiger partial charge < -0.3 is 5.11 Å². The van der Waals surface area contributed by atoms with Crippen molar-refractivity contribution in [3.63, 3.8) is 0 Å². The van der Waals surface area contributed by atoms with Crippen molar-refractivity contribution in [1.29, 1.82) is 0 Å². The van der Waals surface area contributed by atoms with Gasteiger partial charge in [-0.2, -0.15) is 0 Å². The minimum absolute atomic E-state index is 0. The SMILES string of the molecule is CCC(CC)C(=O)/C=C(\O)C(CC)CC.Cc1c(-c2ccc(-c3ccccc3)s2)sc2c(-c3[c-]c4ccccc4c(C(C)(C)C)c3)ncnc12.[Ir]. The van der Waals surface area contributed by atoms with Crippen LogP contribution in [-0.4, -0.2) is 20.9 Å². The van der Waals surface area contributed by atoms with Crippen LogP contribution in [0.25, 0.3) is 52.4 Å². The van der Waals surface area contributed by atoms with Crippen molar-refractivity contribution in [1.82, 2.24) is 9.97 Å². The Morgan fingerprint density at radius 3 is 2.12 bits per heavy atom. The summed E-state index contributed by atoms with van der Waals surface area (Å²) in [5.41, 5.74) is 6.82. The molecule has 0 fully saturated rings. The van der Waals surface area contributed by atoms with Gasteiger partial charge in [0.05, 0.1) is 11.3 Å². The molecule has 0 saturated heterocycles. The summed E-state index contributed by atoms with van der Waals surface area (Å²) in [6.45, 7) is 17.0. The van der Waals surface area contributed by atoms with Crippen molar-refractivity contribution >= 4 is 49.4 Å². The molecule has 0 amide bonds. The molecule has 3 heterocycles. The normalized spacial score (nSPS) is 11.9. The molecule has 4 nitrogen and oxygen atoms in total. The Morgan fingerprint density at radius 2 is 1.47 bits per heavy atom. The van der Waals surface area contributed by atoms with Crippen LogP contribution in [0.2, 0.25) is 0 Å². The fourth-order valence-corrected chi connectivity index (χ4v) is 8.87. The number of ketones is 1. The zero-order valence-corrected chi connectivity index (χ0v) is 35.0. The number of nitrogens with zero attached hydrogens (tertiary/aromatic N) is 2. The minimum Gasteiger partial charge on any atom is -0.512 e. The first kappa shape index (κ1) is 40.3. The molecule has 6 rings (SSSR count). The van der Waals surface area contributed by atoms with Crippen molar-refractivity contribution in [2.24, 2.45) is 11.8 Å². The predicted molar refractivity (Wildman–Crippen MR) is 215 cm³/mol. The molecule has 1 radical (unpaired) electrons. The van der Waals surface area contributed by atoms with Crippen LogP contribution in [0.1, 0.15) is 85.3 Å². The zero-order valence-electron chi connectivity index (χ0n) is 31.0. The third-order valence-corrected chi connectivity index (χ3v) is 12.1. The van der Waals surface area contributed by atoms with E-state index in [1.54, 1.807) is 17.7 Å². The molecule has 0 bridgehead atoms. The molecule has 0 aliphatic heterocycles. The number of fused-ring (bicyclic) bond motifs is 2. The summed E-state index contributed by atoms with van der Waals surface area (Å²) in [4.78, 5) is 25.0. The second-order valence-corrected chi connectivity index (χ2v) is 16.0. The molecular weight excluding hydrogens is 845 g/mol. The third kappa shape index (κ3) is 9.12. The number of hydrogen-bond donors (Lipinski definition) is 1. The molecule has 7 heteroatoms. The number of aliphatic hydroxyl groups is 1. The molecule has 0 aliphatic rings. The van der Waals surface area contributed by atoms with E-state index >= 15 is 0 Å². The smallest absolute Gasteiger partial charge is 0.162 e. The van der Waals surface area contributed by atoms with Crippen molar-refractivity contribution in [3.8, 4) is 31.5 Å². The van der Waals surface area contributed by atoms with Crippen LogP contribution in [-0.2, 0) is 30.3 Å². The Kier molecular flexibility index (Phi) is 14.1. The van der Waals surface area contributed by atoms with E-state index in [2.05, 4.69) is 107 Å². The number of aliphatic hydroxyl groups excluding tert-OH is 1. The molecule has 0 unspecified atom stereocenters. The summed E-state index contributed by atoms with van der Waals surface area (Å²) >= 11 is 3.62. The second-order valence-electron chi connectivity index (χ2n) is 13.9. The standard InChI is InChI=1S/C31H25N2S2.C13H24O2.Ir/c1-19-27-30(35-29(19)26-15-14-25(34-26)20-10-6-5-7-11-20)28(33-18-32-27)22-16-21-12-8-9-13-23(21)24(17-22)31(2,3)4;1-5-10(6-2)12(14)9-13(15)11(7-3)8-4;/h5-15,17-18H,1-4H3;9-11,14H,5-8H2,1-4H3;/q-1;;/b;12-9-;. The maximum atomic E-state index is 11.7. The molecule has 3 aromatic carbocycles. The average Bonchev–Trinajstić information content (AvgIpc) is 3.74. The molecule has 269 valence electrons. The van der Waals surface area contributed by atoms with Gasteiger partial charge in [0.1, 0.15) is 6.33 Å². The van der Waals surface area contributed by atoms with Gasteiger partial charge in [-0.25, -0.2) is 4.98 Å². The largest absolute Gasteiger partial charge is 0.512 e. The van der Waals surface area contributed by atoms with E-state index in [0.29, 0.717) is 0 Å². The summed E-state index contributed by atoms with van der Waals surface area (Å²) < 4.78 is 1.13. The first-order chi connectivity index (χ1) is 24.0. The van der Waals surface area contributed by atoms with Gasteiger partial charge in [0, 0.05) is 63.0 Å². The second kappa shape index (κ2) is 17.8. The van der Waals surface area contributed by atoms with Gasteiger partial charge in [0.15, 0.2) is 5.78 Å². The van der Waals surface area contributed by atoms with E-state index in [1.165, 1.54) is 42.8 Å². The number of hydrogen-bond acceptors (Lipinski definition) is 6. The van der Waals surface area contributed by atoms with Crippen molar-refractivity contribution in [2.45, 2.75) is 86.5 Å². The minimum atomic E-state index is 0. The van der Waals surface area contributed by atoms with Crippen molar-refractivity contribution in [2.75, 3.05) is 0 Å². The summed E-state index contributed by atoms with van der Waals surface area (Å²) in [6.07, 6.45) is 6.61. The molecule has 0 spiro atoms.